The van der Waals surface area contributed by atoms with Crippen molar-refractivity contribution in [1.82, 2.24) is 0 Å². The average molecular weight is 216 g/mol. The smallest absolute Gasteiger partial charge is 0.0547 e. The van der Waals surface area contributed by atoms with Crippen LogP contribution in [0.25, 0.3) is 0 Å². The molecule has 0 aliphatic heterocycles. The predicted molar refractivity (Wildman–Crippen MR) is 58.4 cm³/mol. The molecule has 2 N–H and O–H groups in total. The molecule has 1 nitrogen and oxygen atoms in total. The molecule has 1 aromatic heterocycles. The molecular formula is C10H14ClNS. The second-order valence-corrected chi connectivity index (χ2v) is 5.19. The van der Waals surface area contributed by atoms with Crippen molar-refractivity contribution < 1.29 is 0 Å². The van der Waals surface area contributed by atoms with Crippen LogP contribution in [0.4, 0.5) is 0 Å². The van der Waals surface area contributed by atoms with E-state index in [4.69, 9.17) is 17.3 Å². The Balaban J connectivity index is 2.23. The van der Waals surface area contributed by atoms with Crippen LogP contribution in [0.3, 0.4) is 0 Å². The molecule has 72 valence electrons. The Morgan fingerprint density at radius 2 is 2.31 bits per heavy atom. The molecule has 3 unspecified atom stereocenters. The molecule has 13 heavy (non-hydrogen) atoms. The summed E-state index contributed by atoms with van der Waals surface area (Å²) in [6.07, 6.45) is 2.34. The molecule has 1 aliphatic rings. The number of nitrogens with two attached hydrogens (primary N) is 1. The first-order valence-electron chi connectivity index (χ1n) is 4.68. The molecular weight excluding hydrogens is 202 g/mol. The van der Waals surface area contributed by atoms with Crippen LogP contribution in [0.1, 0.15) is 30.6 Å². The van der Waals surface area contributed by atoms with Crippen molar-refractivity contribution >= 4 is 22.9 Å². The van der Waals surface area contributed by atoms with E-state index in [2.05, 4.69) is 12.3 Å². The lowest BCUT2D eigenvalue weighted by Gasteiger charge is -2.16. The number of hydrogen-bond donors (Lipinski definition) is 1. The molecule has 1 heterocycles. The summed E-state index contributed by atoms with van der Waals surface area (Å²) >= 11 is 7.87. The Morgan fingerprint density at radius 1 is 1.54 bits per heavy atom. The highest BCUT2D eigenvalue weighted by atomic mass is 35.5. The van der Waals surface area contributed by atoms with Gasteiger partial charge in [0.15, 0.2) is 0 Å². The molecule has 0 spiro atoms. The SMILES string of the molecule is CC1C(N)CCC1c1sccc1Cl. The lowest BCUT2D eigenvalue weighted by molar-refractivity contribution is 0.484. The van der Waals surface area contributed by atoms with E-state index in [1.54, 1.807) is 11.3 Å². The summed E-state index contributed by atoms with van der Waals surface area (Å²) in [5, 5.41) is 2.99. The molecule has 0 aromatic carbocycles. The maximum atomic E-state index is 6.10. The maximum absolute atomic E-state index is 6.10. The van der Waals surface area contributed by atoms with Gasteiger partial charge in [0.05, 0.1) is 5.02 Å². The van der Waals surface area contributed by atoms with Gasteiger partial charge in [-0.1, -0.05) is 18.5 Å². The van der Waals surface area contributed by atoms with Crippen molar-refractivity contribution in [3.8, 4) is 0 Å². The zero-order valence-corrected chi connectivity index (χ0v) is 9.24. The van der Waals surface area contributed by atoms with Crippen molar-refractivity contribution in [2.45, 2.75) is 31.7 Å². The fourth-order valence-electron chi connectivity index (χ4n) is 2.14. The highest BCUT2D eigenvalue weighted by Crippen LogP contribution is 2.43. The number of halogens is 1. The molecule has 1 saturated carbocycles. The van der Waals surface area contributed by atoms with Crippen LogP contribution in [0, 0.1) is 5.92 Å². The number of hydrogen-bond acceptors (Lipinski definition) is 2. The second kappa shape index (κ2) is 3.60. The van der Waals surface area contributed by atoms with Gasteiger partial charge in [-0.15, -0.1) is 11.3 Å². The Bertz CT molecular complexity index is 297. The van der Waals surface area contributed by atoms with Crippen LogP contribution < -0.4 is 5.73 Å². The van der Waals surface area contributed by atoms with Gasteiger partial charge in [0.25, 0.3) is 0 Å². The van der Waals surface area contributed by atoms with Gasteiger partial charge in [-0.05, 0) is 36.1 Å². The molecule has 0 radical (unpaired) electrons. The highest BCUT2D eigenvalue weighted by molar-refractivity contribution is 7.10. The molecule has 3 atom stereocenters. The quantitative estimate of drug-likeness (QED) is 0.765. The van der Waals surface area contributed by atoms with Gasteiger partial charge >= 0.3 is 0 Å². The maximum Gasteiger partial charge on any atom is 0.0547 e. The van der Waals surface area contributed by atoms with E-state index in [-0.39, 0.29) is 0 Å². The van der Waals surface area contributed by atoms with Crippen LogP contribution >= 0.6 is 22.9 Å². The van der Waals surface area contributed by atoms with E-state index in [1.807, 2.05) is 6.07 Å². The molecule has 3 heteroatoms. The van der Waals surface area contributed by atoms with Gasteiger partial charge in [-0.25, -0.2) is 0 Å². The van der Waals surface area contributed by atoms with Gasteiger partial charge < -0.3 is 5.73 Å². The summed E-state index contributed by atoms with van der Waals surface area (Å²) in [6, 6.07) is 2.35. The van der Waals surface area contributed by atoms with Gasteiger partial charge in [0, 0.05) is 10.9 Å². The topological polar surface area (TPSA) is 26.0 Å². The second-order valence-electron chi connectivity index (χ2n) is 3.84. The highest BCUT2D eigenvalue weighted by Gasteiger charge is 2.32. The first-order chi connectivity index (χ1) is 6.20. The third kappa shape index (κ3) is 1.63. The van der Waals surface area contributed by atoms with Crippen LogP contribution in [0.15, 0.2) is 11.4 Å². The lowest BCUT2D eigenvalue weighted by Crippen LogP contribution is -2.24. The molecule has 1 aliphatic carbocycles. The van der Waals surface area contributed by atoms with E-state index in [9.17, 15) is 0 Å². The molecule has 1 aromatic rings. The zero-order chi connectivity index (χ0) is 9.42. The summed E-state index contributed by atoms with van der Waals surface area (Å²) < 4.78 is 0. The van der Waals surface area contributed by atoms with Gasteiger partial charge in [-0.3, -0.25) is 0 Å². The lowest BCUT2D eigenvalue weighted by atomic mass is 9.95. The van der Waals surface area contributed by atoms with Crippen molar-refractivity contribution in [1.29, 1.82) is 0 Å². The van der Waals surface area contributed by atoms with Crippen molar-refractivity contribution in [3.63, 3.8) is 0 Å². The minimum Gasteiger partial charge on any atom is -0.327 e. The molecule has 0 amide bonds. The van der Waals surface area contributed by atoms with Crippen molar-refractivity contribution in [2.24, 2.45) is 11.7 Å². The largest absolute Gasteiger partial charge is 0.327 e. The van der Waals surface area contributed by atoms with Gasteiger partial charge in [-0.2, -0.15) is 0 Å². The summed E-state index contributed by atoms with van der Waals surface area (Å²) in [7, 11) is 0. The van der Waals surface area contributed by atoms with E-state index in [1.165, 1.54) is 11.3 Å². The first kappa shape index (κ1) is 9.50. The number of rotatable bonds is 1. The van der Waals surface area contributed by atoms with E-state index in [0.717, 1.165) is 11.4 Å². The number of thiophene rings is 1. The fraction of sp³-hybridized carbons (Fsp3) is 0.600. The van der Waals surface area contributed by atoms with Crippen LogP contribution in [0.5, 0.6) is 0 Å². The molecule has 2 rings (SSSR count). The molecule has 0 bridgehead atoms. The molecule has 1 fully saturated rings. The van der Waals surface area contributed by atoms with Gasteiger partial charge in [0.2, 0.25) is 0 Å². The monoisotopic (exact) mass is 215 g/mol. The van der Waals surface area contributed by atoms with E-state index >= 15 is 0 Å². The summed E-state index contributed by atoms with van der Waals surface area (Å²) in [6.45, 7) is 2.23. The minimum absolute atomic E-state index is 0.364. The zero-order valence-electron chi connectivity index (χ0n) is 7.66. The first-order valence-corrected chi connectivity index (χ1v) is 5.94. The fourth-order valence-corrected chi connectivity index (χ4v) is 3.59. The summed E-state index contributed by atoms with van der Waals surface area (Å²) in [5.74, 6) is 1.18. The van der Waals surface area contributed by atoms with Crippen molar-refractivity contribution in [3.05, 3.63) is 21.3 Å². The Hall–Kier alpha value is -0.0500. The summed E-state index contributed by atoms with van der Waals surface area (Å²) in [4.78, 5) is 1.34. The van der Waals surface area contributed by atoms with Crippen LogP contribution in [0.2, 0.25) is 5.02 Å². The summed E-state index contributed by atoms with van der Waals surface area (Å²) in [5.41, 5.74) is 5.99. The third-order valence-corrected chi connectivity index (χ3v) is 4.59. The van der Waals surface area contributed by atoms with E-state index in [0.29, 0.717) is 17.9 Å². The van der Waals surface area contributed by atoms with Crippen LogP contribution in [-0.4, -0.2) is 6.04 Å². The average Bonchev–Trinajstić information content (AvgIpc) is 2.62. The standard InChI is InChI=1S/C10H14ClNS/c1-6-7(2-3-9(6)12)10-8(11)4-5-13-10/h4-7,9H,2-3,12H2,1H3. The van der Waals surface area contributed by atoms with E-state index < -0.39 is 0 Å². The predicted octanol–water partition coefficient (Wildman–Crippen LogP) is 3.24. The van der Waals surface area contributed by atoms with Crippen LogP contribution in [-0.2, 0) is 0 Å². The Kier molecular flexibility index (Phi) is 2.63. The van der Waals surface area contributed by atoms with Gasteiger partial charge in [0.1, 0.15) is 0 Å². The minimum atomic E-state index is 0.364. The Morgan fingerprint density at radius 3 is 2.77 bits per heavy atom. The Labute approximate surface area is 87.9 Å². The normalized spacial score (nSPS) is 33.9. The molecule has 0 saturated heterocycles. The third-order valence-electron chi connectivity index (χ3n) is 3.10. The van der Waals surface area contributed by atoms with Crippen molar-refractivity contribution in [2.75, 3.05) is 0 Å².